The number of carboxylic acid groups (broad SMARTS) is 1. The molecule has 1 heterocycles. The van der Waals surface area contributed by atoms with E-state index in [1.165, 1.54) is 37.0 Å². The largest absolute Gasteiger partial charge is 0.477 e. The van der Waals surface area contributed by atoms with Gasteiger partial charge in [-0.3, -0.25) is 0 Å². The molecule has 5 heteroatoms. The SMILES string of the molecule is CSC1CCC(NCc2ccc(C(=O)O)s2)CC1. The van der Waals surface area contributed by atoms with Gasteiger partial charge >= 0.3 is 5.97 Å². The highest BCUT2D eigenvalue weighted by atomic mass is 32.2. The second-order valence-electron chi connectivity index (χ2n) is 4.66. The minimum absolute atomic E-state index is 0.429. The van der Waals surface area contributed by atoms with E-state index in [9.17, 15) is 4.79 Å². The normalized spacial score (nSPS) is 24.1. The van der Waals surface area contributed by atoms with E-state index in [4.69, 9.17) is 5.11 Å². The lowest BCUT2D eigenvalue weighted by molar-refractivity contribution is 0.0702. The maximum atomic E-state index is 10.8. The van der Waals surface area contributed by atoms with E-state index in [0.717, 1.165) is 16.7 Å². The van der Waals surface area contributed by atoms with Crippen LogP contribution < -0.4 is 5.32 Å². The van der Waals surface area contributed by atoms with Gasteiger partial charge < -0.3 is 10.4 Å². The molecule has 1 aliphatic carbocycles. The molecule has 0 amide bonds. The van der Waals surface area contributed by atoms with Crippen molar-refractivity contribution in [3.8, 4) is 0 Å². The van der Waals surface area contributed by atoms with Crippen molar-refractivity contribution < 1.29 is 9.90 Å². The molecule has 3 nitrogen and oxygen atoms in total. The Balaban J connectivity index is 1.76. The molecule has 0 aromatic carbocycles. The maximum absolute atomic E-state index is 10.8. The number of hydrogen-bond acceptors (Lipinski definition) is 4. The summed E-state index contributed by atoms with van der Waals surface area (Å²) in [5.41, 5.74) is 0. The highest BCUT2D eigenvalue weighted by Gasteiger charge is 2.20. The molecule has 0 saturated heterocycles. The first-order chi connectivity index (χ1) is 8.69. The van der Waals surface area contributed by atoms with Gasteiger partial charge in [0.2, 0.25) is 0 Å². The van der Waals surface area contributed by atoms with Crippen LogP contribution in [-0.4, -0.2) is 28.6 Å². The van der Waals surface area contributed by atoms with Gasteiger partial charge in [0.25, 0.3) is 0 Å². The summed E-state index contributed by atoms with van der Waals surface area (Å²) in [6.07, 6.45) is 7.26. The van der Waals surface area contributed by atoms with Crippen LogP contribution in [0.3, 0.4) is 0 Å². The Morgan fingerprint density at radius 3 is 2.72 bits per heavy atom. The average molecular weight is 285 g/mol. The van der Waals surface area contributed by atoms with Gasteiger partial charge in [-0.25, -0.2) is 4.79 Å². The molecule has 2 rings (SSSR count). The standard InChI is InChI=1S/C13H19NO2S2/c1-17-10-4-2-9(3-5-10)14-8-11-6-7-12(18-11)13(15)16/h6-7,9-10,14H,2-5,8H2,1H3,(H,15,16). The first-order valence-electron chi connectivity index (χ1n) is 6.27. The fourth-order valence-electron chi connectivity index (χ4n) is 2.34. The minimum atomic E-state index is -0.827. The molecule has 0 aliphatic heterocycles. The molecule has 18 heavy (non-hydrogen) atoms. The molecule has 0 unspecified atom stereocenters. The summed E-state index contributed by atoms with van der Waals surface area (Å²) in [6.45, 7) is 0.798. The lowest BCUT2D eigenvalue weighted by atomic mass is 9.95. The zero-order valence-corrected chi connectivity index (χ0v) is 12.1. The molecule has 0 spiro atoms. The average Bonchev–Trinajstić information content (AvgIpc) is 2.86. The third-order valence-electron chi connectivity index (χ3n) is 3.44. The van der Waals surface area contributed by atoms with Crippen LogP contribution in [0.5, 0.6) is 0 Å². The van der Waals surface area contributed by atoms with Gasteiger partial charge in [0, 0.05) is 22.7 Å². The van der Waals surface area contributed by atoms with Crippen molar-refractivity contribution in [3.63, 3.8) is 0 Å². The summed E-state index contributed by atoms with van der Waals surface area (Å²) in [4.78, 5) is 12.3. The van der Waals surface area contributed by atoms with Crippen molar-refractivity contribution in [1.82, 2.24) is 5.32 Å². The third-order valence-corrected chi connectivity index (χ3v) is 5.66. The molecule has 1 aromatic heterocycles. The van der Waals surface area contributed by atoms with E-state index >= 15 is 0 Å². The van der Waals surface area contributed by atoms with E-state index in [-0.39, 0.29) is 0 Å². The quantitative estimate of drug-likeness (QED) is 0.872. The van der Waals surface area contributed by atoms with Gasteiger partial charge in [-0.2, -0.15) is 11.8 Å². The number of thioether (sulfide) groups is 1. The Morgan fingerprint density at radius 2 is 2.17 bits per heavy atom. The van der Waals surface area contributed by atoms with Crippen molar-refractivity contribution >= 4 is 29.1 Å². The second-order valence-corrected chi connectivity index (χ2v) is 6.97. The molecule has 1 aliphatic rings. The predicted octanol–water partition coefficient (Wildman–Crippen LogP) is 3.21. The van der Waals surface area contributed by atoms with Crippen molar-refractivity contribution in [2.45, 2.75) is 43.5 Å². The number of hydrogen-bond donors (Lipinski definition) is 2. The Labute approximate surface area is 116 Å². The van der Waals surface area contributed by atoms with Crippen LogP contribution >= 0.6 is 23.1 Å². The van der Waals surface area contributed by atoms with Crippen LogP contribution in [0, 0.1) is 0 Å². The van der Waals surface area contributed by atoms with E-state index in [2.05, 4.69) is 11.6 Å². The van der Waals surface area contributed by atoms with Crippen LogP contribution in [0.15, 0.2) is 12.1 Å². The zero-order valence-electron chi connectivity index (χ0n) is 10.5. The highest BCUT2D eigenvalue weighted by Crippen LogP contribution is 2.27. The monoisotopic (exact) mass is 285 g/mol. The van der Waals surface area contributed by atoms with E-state index in [1.54, 1.807) is 6.07 Å². The molecule has 1 saturated carbocycles. The van der Waals surface area contributed by atoms with Gasteiger partial charge in [-0.15, -0.1) is 11.3 Å². The number of rotatable bonds is 5. The van der Waals surface area contributed by atoms with Crippen LogP contribution in [0.25, 0.3) is 0 Å². The van der Waals surface area contributed by atoms with Crippen LogP contribution in [0.1, 0.15) is 40.2 Å². The fourth-order valence-corrected chi connectivity index (χ4v) is 3.88. The summed E-state index contributed by atoms with van der Waals surface area (Å²) >= 11 is 3.35. The van der Waals surface area contributed by atoms with Gasteiger partial charge in [0.05, 0.1) is 0 Å². The molecule has 0 radical (unpaired) electrons. The molecule has 0 bridgehead atoms. The first-order valence-corrected chi connectivity index (χ1v) is 8.37. The number of thiophene rings is 1. The second kappa shape index (κ2) is 6.59. The van der Waals surface area contributed by atoms with Crippen molar-refractivity contribution in [3.05, 3.63) is 21.9 Å². The fraction of sp³-hybridized carbons (Fsp3) is 0.615. The minimum Gasteiger partial charge on any atom is -0.477 e. The smallest absolute Gasteiger partial charge is 0.345 e. The van der Waals surface area contributed by atoms with Crippen molar-refractivity contribution in [1.29, 1.82) is 0 Å². The topological polar surface area (TPSA) is 49.3 Å². The predicted molar refractivity (Wildman–Crippen MR) is 77.7 cm³/mol. The molecule has 1 aromatic rings. The Bertz CT molecular complexity index is 397. The number of nitrogens with one attached hydrogen (secondary N) is 1. The number of aromatic carboxylic acids is 1. The van der Waals surface area contributed by atoms with Gasteiger partial charge in [0.15, 0.2) is 0 Å². The number of carbonyl (C=O) groups is 1. The molecular formula is C13H19NO2S2. The maximum Gasteiger partial charge on any atom is 0.345 e. The van der Waals surface area contributed by atoms with Gasteiger partial charge in [0.1, 0.15) is 4.88 Å². The molecular weight excluding hydrogens is 266 g/mol. The van der Waals surface area contributed by atoms with Crippen molar-refractivity contribution in [2.75, 3.05) is 6.26 Å². The lowest BCUT2D eigenvalue weighted by Gasteiger charge is -2.28. The Hall–Kier alpha value is -0.520. The van der Waals surface area contributed by atoms with E-state index < -0.39 is 5.97 Å². The molecule has 100 valence electrons. The summed E-state index contributed by atoms with van der Waals surface area (Å²) in [5.74, 6) is -0.827. The number of carboxylic acids is 1. The van der Waals surface area contributed by atoms with E-state index in [0.29, 0.717) is 10.9 Å². The third kappa shape index (κ3) is 3.73. The summed E-state index contributed by atoms with van der Waals surface area (Å²) in [5, 5.41) is 13.2. The van der Waals surface area contributed by atoms with Gasteiger partial charge in [-0.05, 0) is 44.1 Å². The Kier molecular flexibility index (Phi) is 5.09. The van der Waals surface area contributed by atoms with Crippen LogP contribution in [0.2, 0.25) is 0 Å². The zero-order chi connectivity index (χ0) is 13.0. The Morgan fingerprint density at radius 1 is 1.44 bits per heavy atom. The van der Waals surface area contributed by atoms with Gasteiger partial charge in [-0.1, -0.05) is 0 Å². The molecule has 2 N–H and O–H groups in total. The summed E-state index contributed by atoms with van der Waals surface area (Å²) in [7, 11) is 0. The molecule has 1 fully saturated rings. The summed E-state index contributed by atoms with van der Waals surface area (Å²) < 4.78 is 0. The molecule has 0 atom stereocenters. The van der Waals surface area contributed by atoms with Crippen LogP contribution in [0.4, 0.5) is 0 Å². The summed E-state index contributed by atoms with van der Waals surface area (Å²) in [6, 6.07) is 4.20. The lowest BCUT2D eigenvalue weighted by Crippen LogP contribution is -2.33. The highest BCUT2D eigenvalue weighted by molar-refractivity contribution is 7.99. The first kappa shape index (κ1) is 13.9. The van der Waals surface area contributed by atoms with Crippen molar-refractivity contribution in [2.24, 2.45) is 0 Å². The van der Waals surface area contributed by atoms with Crippen LogP contribution in [-0.2, 0) is 6.54 Å². The van der Waals surface area contributed by atoms with E-state index in [1.807, 2.05) is 17.8 Å².